The van der Waals surface area contributed by atoms with Crippen molar-refractivity contribution >= 4 is 22.3 Å². The van der Waals surface area contributed by atoms with Gasteiger partial charge in [-0.1, -0.05) is 44.2 Å². The highest BCUT2D eigenvalue weighted by Gasteiger charge is 2.39. The van der Waals surface area contributed by atoms with E-state index in [9.17, 15) is 14.7 Å². The number of hydrogen-bond donors (Lipinski definition) is 1. The van der Waals surface area contributed by atoms with E-state index < -0.39 is 17.0 Å². The molecule has 116 valence electrons. The first-order chi connectivity index (χ1) is 10.8. The van der Waals surface area contributed by atoms with Gasteiger partial charge in [0, 0.05) is 16.5 Å². The van der Waals surface area contributed by atoms with Gasteiger partial charge in [-0.2, -0.15) is 0 Å². The molecule has 0 amide bonds. The summed E-state index contributed by atoms with van der Waals surface area (Å²) in [5, 5.41) is 12.0. The van der Waals surface area contributed by atoms with Crippen molar-refractivity contribution in [1.29, 1.82) is 0 Å². The Morgan fingerprint density at radius 2 is 1.70 bits per heavy atom. The predicted molar refractivity (Wildman–Crippen MR) is 91.0 cm³/mol. The van der Waals surface area contributed by atoms with Crippen LogP contribution in [0, 0.1) is 12.3 Å². The number of carbonyl (C=O) groups is 2. The molecule has 1 N–H and O–H groups in total. The Bertz CT molecular complexity index is 914. The summed E-state index contributed by atoms with van der Waals surface area (Å²) in [4.78, 5) is 25.7. The van der Waals surface area contributed by atoms with Gasteiger partial charge in [0.15, 0.2) is 11.5 Å². The summed E-state index contributed by atoms with van der Waals surface area (Å²) in [6.07, 6.45) is 1.57. The van der Waals surface area contributed by atoms with E-state index in [0.29, 0.717) is 10.9 Å². The van der Waals surface area contributed by atoms with Gasteiger partial charge in [-0.05, 0) is 29.3 Å². The molecule has 0 heterocycles. The third kappa shape index (κ3) is 2.04. The number of Topliss-reactive ketones (excluding diaryl/α,β-unsaturated/α-hetero) is 2. The number of benzene rings is 2. The number of aliphatic hydroxyl groups excluding tert-OH is 1. The van der Waals surface area contributed by atoms with E-state index >= 15 is 0 Å². The Morgan fingerprint density at radius 1 is 1.09 bits per heavy atom. The molecule has 0 aliphatic heterocycles. The highest BCUT2D eigenvalue weighted by Crippen LogP contribution is 2.40. The first-order valence-corrected chi connectivity index (χ1v) is 7.48. The van der Waals surface area contributed by atoms with Crippen molar-refractivity contribution < 1.29 is 14.7 Å². The smallest absolute Gasteiger partial charge is 0.229 e. The molecule has 0 saturated carbocycles. The molecule has 1 aliphatic rings. The topological polar surface area (TPSA) is 54.4 Å². The van der Waals surface area contributed by atoms with Crippen molar-refractivity contribution in [3.05, 3.63) is 71.0 Å². The third-order valence-corrected chi connectivity index (χ3v) is 4.56. The molecule has 0 aromatic heterocycles. The molecule has 0 bridgehead atoms. The number of allylic oxidation sites excluding steroid dienone is 3. The lowest BCUT2D eigenvalue weighted by molar-refractivity contribution is 0.0916. The summed E-state index contributed by atoms with van der Waals surface area (Å²) >= 11 is 0. The van der Waals surface area contributed by atoms with Crippen LogP contribution >= 0.6 is 0 Å². The molecule has 2 aromatic carbocycles. The lowest BCUT2D eigenvalue weighted by atomic mass is 9.73. The Hall–Kier alpha value is -2.68. The van der Waals surface area contributed by atoms with Crippen LogP contribution in [0.4, 0.5) is 0 Å². The van der Waals surface area contributed by atoms with E-state index in [0.717, 1.165) is 10.9 Å². The fourth-order valence-corrected chi connectivity index (χ4v) is 3.15. The lowest BCUT2D eigenvalue weighted by Crippen LogP contribution is -2.30. The van der Waals surface area contributed by atoms with Crippen molar-refractivity contribution in [3.8, 4) is 0 Å². The summed E-state index contributed by atoms with van der Waals surface area (Å²) < 4.78 is 0. The van der Waals surface area contributed by atoms with E-state index in [-0.39, 0.29) is 16.9 Å². The van der Waals surface area contributed by atoms with Gasteiger partial charge in [-0.25, -0.2) is 0 Å². The molecular formula is C20H18O3. The fraction of sp³-hybridized carbons (Fsp3) is 0.200. The Labute approximate surface area is 134 Å². The van der Waals surface area contributed by atoms with Crippen LogP contribution in [0.2, 0.25) is 0 Å². The Kier molecular flexibility index (Phi) is 3.25. The average Bonchev–Trinajstić information content (AvgIpc) is 2.53. The summed E-state index contributed by atoms with van der Waals surface area (Å²) in [5.41, 5.74) is 0.900. The average molecular weight is 306 g/mol. The molecule has 2 aromatic rings. The van der Waals surface area contributed by atoms with Crippen molar-refractivity contribution in [3.63, 3.8) is 0 Å². The standard InChI is InChI=1S/C20H18O3/c1-5-20(3,4)16-17(21)14-10-11(2)12-8-6-7-9-13(12)15(14)18(22)19(16)23/h5-10,23H,1H2,2-4H3. The van der Waals surface area contributed by atoms with Crippen LogP contribution < -0.4 is 0 Å². The van der Waals surface area contributed by atoms with Crippen molar-refractivity contribution in [2.24, 2.45) is 5.41 Å². The largest absolute Gasteiger partial charge is 0.504 e. The molecule has 23 heavy (non-hydrogen) atoms. The fourth-order valence-electron chi connectivity index (χ4n) is 3.15. The van der Waals surface area contributed by atoms with Gasteiger partial charge in [0.1, 0.15) is 0 Å². The summed E-state index contributed by atoms with van der Waals surface area (Å²) in [6, 6.07) is 9.17. The zero-order chi connectivity index (χ0) is 16.9. The molecule has 0 unspecified atom stereocenters. The monoisotopic (exact) mass is 306 g/mol. The van der Waals surface area contributed by atoms with Crippen LogP contribution in [0.1, 0.15) is 40.1 Å². The minimum absolute atomic E-state index is 0.111. The summed E-state index contributed by atoms with van der Waals surface area (Å²) in [7, 11) is 0. The second-order valence-corrected chi connectivity index (χ2v) is 6.47. The highest BCUT2D eigenvalue weighted by atomic mass is 16.3. The van der Waals surface area contributed by atoms with Crippen LogP contribution in [0.25, 0.3) is 10.8 Å². The molecule has 1 aliphatic carbocycles. The first-order valence-electron chi connectivity index (χ1n) is 7.48. The molecule has 0 radical (unpaired) electrons. The van der Waals surface area contributed by atoms with Gasteiger partial charge in [-0.3, -0.25) is 9.59 Å². The molecule has 0 fully saturated rings. The first kappa shape index (κ1) is 15.2. The maximum absolute atomic E-state index is 13.0. The van der Waals surface area contributed by atoms with Crippen LogP contribution in [-0.4, -0.2) is 16.7 Å². The van der Waals surface area contributed by atoms with E-state index in [1.807, 2.05) is 31.2 Å². The van der Waals surface area contributed by atoms with Gasteiger partial charge in [0.25, 0.3) is 0 Å². The van der Waals surface area contributed by atoms with Crippen LogP contribution in [0.15, 0.2) is 54.3 Å². The van der Waals surface area contributed by atoms with E-state index in [2.05, 4.69) is 6.58 Å². The van der Waals surface area contributed by atoms with Crippen LogP contribution in [0.3, 0.4) is 0 Å². The van der Waals surface area contributed by atoms with Crippen molar-refractivity contribution in [2.75, 3.05) is 0 Å². The van der Waals surface area contributed by atoms with Crippen molar-refractivity contribution in [1.82, 2.24) is 0 Å². The molecular weight excluding hydrogens is 288 g/mol. The number of ketones is 2. The van der Waals surface area contributed by atoms with Gasteiger partial charge < -0.3 is 5.11 Å². The van der Waals surface area contributed by atoms with E-state index in [1.54, 1.807) is 26.0 Å². The quantitative estimate of drug-likeness (QED) is 0.828. The number of fused-ring (bicyclic) bond motifs is 3. The zero-order valence-electron chi connectivity index (χ0n) is 13.4. The molecule has 3 nitrogen and oxygen atoms in total. The molecule has 3 heteroatoms. The molecule has 3 rings (SSSR count). The summed E-state index contributed by atoms with van der Waals surface area (Å²) in [5.74, 6) is -1.28. The normalized spacial score (nSPS) is 15.1. The minimum Gasteiger partial charge on any atom is -0.504 e. The number of carbonyl (C=O) groups excluding carboxylic acids is 2. The Morgan fingerprint density at radius 3 is 2.30 bits per heavy atom. The number of aryl methyl sites for hydroxylation is 1. The van der Waals surface area contributed by atoms with Gasteiger partial charge >= 0.3 is 0 Å². The maximum Gasteiger partial charge on any atom is 0.229 e. The second-order valence-electron chi connectivity index (χ2n) is 6.47. The SMILES string of the molecule is C=CC(C)(C)C1=C(O)C(=O)c2c(cc(C)c3ccccc23)C1=O. The molecule has 0 atom stereocenters. The summed E-state index contributed by atoms with van der Waals surface area (Å²) in [6.45, 7) is 9.15. The highest BCUT2D eigenvalue weighted by molar-refractivity contribution is 6.30. The molecule has 0 spiro atoms. The number of rotatable bonds is 2. The van der Waals surface area contributed by atoms with E-state index in [4.69, 9.17) is 0 Å². The number of aliphatic hydroxyl groups is 1. The zero-order valence-corrected chi connectivity index (χ0v) is 13.4. The van der Waals surface area contributed by atoms with Gasteiger partial charge in [-0.15, -0.1) is 6.58 Å². The second kappa shape index (κ2) is 4.92. The van der Waals surface area contributed by atoms with Crippen LogP contribution in [-0.2, 0) is 0 Å². The van der Waals surface area contributed by atoms with Crippen LogP contribution in [0.5, 0.6) is 0 Å². The van der Waals surface area contributed by atoms with Gasteiger partial charge in [0.2, 0.25) is 5.78 Å². The van der Waals surface area contributed by atoms with E-state index in [1.165, 1.54) is 0 Å². The maximum atomic E-state index is 13.0. The third-order valence-electron chi connectivity index (χ3n) is 4.56. The Balaban J connectivity index is 2.41. The lowest BCUT2D eigenvalue weighted by Gasteiger charge is -2.28. The van der Waals surface area contributed by atoms with Crippen molar-refractivity contribution in [2.45, 2.75) is 20.8 Å². The predicted octanol–water partition coefficient (Wildman–Crippen LogP) is 4.55. The van der Waals surface area contributed by atoms with Gasteiger partial charge in [0.05, 0.1) is 5.57 Å². The minimum atomic E-state index is -0.784. The number of hydrogen-bond acceptors (Lipinski definition) is 3. The molecule has 0 saturated heterocycles.